The van der Waals surface area contributed by atoms with Crippen molar-refractivity contribution < 1.29 is 0 Å². The first kappa shape index (κ1) is 9.29. The van der Waals surface area contributed by atoms with E-state index >= 15 is 0 Å². The summed E-state index contributed by atoms with van der Waals surface area (Å²) in [6.45, 7) is 0. The largest absolute Gasteiger partial charge is 0.379 e. The lowest BCUT2D eigenvalue weighted by molar-refractivity contribution is 1.20. The van der Waals surface area contributed by atoms with Crippen LogP contribution in [0.5, 0.6) is 0 Å². The van der Waals surface area contributed by atoms with Crippen molar-refractivity contribution in [2.45, 2.75) is 0 Å². The van der Waals surface area contributed by atoms with Gasteiger partial charge in [0.1, 0.15) is 4.99 Å². The summed E-state index contributed by atoms with van der Waals surface area (Å²) in [5.41, 5.74) is 1.98. The van der Waals surface area contributed by atoms with Crippen molar-refractivity contribution in [2.75, 3.05) is 7.05 Å². The Morgan fingerprint density at radius 2 is 2.08 bits per heavy atom. The topological polar surface area (TPSA) is 12.0 Å². The smallest absolute Gasteiger partial charge is 0.106 e. The summed E-state index contributed by atoms with van der Waals surface area (Å²) in [5, 5.41) is 4.56. The van der Waals surface area contributed by atoms with Crippen LogP contribution in [0.4, 0.5) is 0 Å². The third-order valence-electron chi connectivity index (χ3n) is 1.56. The van der Waals surface area contributed by atoms with E-state index in [1.165, 1.54) is 0 Å². The maximum atomic E-state index is 5.10. The highest BCUT2D eigenvalue weighted by Crippen LogP contribution is 2.06. The molecule has 0 aliphatic heterocycles. The van der Waals surface area contributed by atoms with E-state index in [-0.39, 0.29) is 0 Å². The number of benzene rings is 1. The van der Waals surface area contributed by atoms with Gasteiger partial charge < -0.3 is 5.32 Å². The van der Waals surface area contributed by atoms with Gasteiger partial charge in [-0.3, -0.25) is 0 Å². The SMILES string of the molecule is CNC(=S)c1ccccc1C=S. The zero-order chi connectivity index (χ0) is 8.97. The molecular formula is C9H9NS2. The Morgan fingerprint density at radius 1 is 1.42 bits per heavy atom. The Morgan fingerprint density at radius 3 is 2.67 bits per heavy atom. The van der Waals surface area contributed by atoms with Gasteiger partial charge in [0, 0.05) is 18.0 Å². The van der Waals surface area contributed by atoms with Crippen LogP contribution in [0.1, 0.15) is 11.1 Å². The second kappa shape index (κ2) is 4.28. The van der Waals surface area contributed by atoms with E-state index in [0.717, 1.165) is 16.1 Å². The molecule has 0 fully saturated rings. The van der Waals surface area contributed by atoms with E-state index in [1.54, 1.807) is 5.37 Å². The second-order valence-corrected chi connectivity index (χ2v) is 2.93. The molecule has 3 heteroatoms. The maximum absolute atomic E-state index is 5.10. The molecule has 1 N–H and O–H groups in total. The summed E-state index contributed by atoms with van der Waals surface area (Å²) >= 11 is 9.96. The first-order valence-electron chi connectivity index (χ1n) is 3.56. The molecule has 0 saturated heterocycles. The van der Waals surface area contributed by atoms with Gasteiger partial charge in [-0.25, -0.2) is 0 Å². The summed E-state index contributed by atoms with van der Waals surface area (Å²) in [6, 6.07) is 7.80. The van der Waals surface area contributed by atoms with E-state index in [0.29, 0.717) is 0 Å². The molecule has 0 aromatic heterocycles. The van der Waals surface area contributed by atoms with E-state index in [4.69, 9.17) is 24.4 Å². The van der Waals surface area contributed by atoms with Crippen molar-refractivity contribution >= 4 is 34.8 Å². The molecule has 1 rings (SSSR count). The number of nitrogens with one attached hydrogen (secondary N) is 1. The van der Waals surface area contributed by atoms with Crippen molar-refractivity contribution in [3.8, 4) is 0 Å². The van der Waals surface area contributed by atoms with Crippen LogP contribution in [0.25, 0.3) is 0 Å². The molecule has 0 atom stereocenters. The van der Waals surface area contributed by atoms with Crippen LogP contribution < -0.4 is 5.32 Å². The Hall–Kier alpha value is -0.800. The Kier molecular flexibility index (Phi) is 3.31. The van der Waals surface area contributed by atoms with Gasteiger partial charge in [-0.15, -0.1) is 0 Å². The molecule has 0 aliphatic carbocycles. The molecular weight excluding hydrogens is 186 g/mol. The molecule has 1 aromatic carbocycles. The zero-order valence-electron chi connectivity index (χ0n) is 6.70. The molecule has 0 radical (unpaired) electrons. The lowest BCUT2D eigenvalue weighted by Gasteiger charge is -2.05. The second-order valence-electron chi connectivity index (χ2n) is 2.28. The van der Waals surface area contributed by atoms with E-state index < -0.39 is 0 Å². The van der Waals surface area contributed by atoms with Crippen LogP contribution in [0.2, 0.25) is 0 Å². The number of hydrogen-bond acceptors (Lipinski definition) is 2. The van der Waals surface area contributed by atoms with Crippen molar-refractivity contribution in [2.24, 2.45) is 0 Å². The fourth-order valence-electron chi connectivity index (χ4n) is 0.941. The molecule has 0 aliphatic rings. The van der Waals surface area contributed by atoms with Gasteiger partial charge in [0.05, 0.1) is 0 Å². The lowest BCUT2D eigenvalue weighted by atomic mass is 10.1. The molecule has 1 nitrogen and oxygen atoms in total. The van der Waals surface area contributed by atoms with E-state index in [1.807, 2.05) is 31.3 Å². The van der Waals surface area contributed by atoms with Gasteiger partial charge in [-0.2, -0.15) is 0 Å². The molecule has 62 valence electrons. The average molecular weight is 195 g/mol. The standard InChI is InChI=1S/C9H9NS2/c1-10-9(12)8-5-3-2-4-7(8)6-11/h2-6H,1H3,(H,10,12). The minimum absolute atomic E-state index is 0.728. The van der Waals surface area contributed by atoms with Crippen LogP contribution in [0.3, 0.4) is 0 Å². The van der Waals surface area contributed by atoms with Crippen molar-refractivity contribution in [1.82, 2.24) is 5.32 Å². The van der Waals surface area contributed by atoms with Crippen molar-refractivity contribution in [3.63, 3.8) is 0 Å². The maximum Gasteiger partial charge on any atom is 0.106 e. The van der Waals surface area contributed by atoms with Gasteiger partial charge in [0.15, 0.2) is 0 Å². The molecule has 0 heterocycles. The van der Waals surface area contributed by atoms with Crippen LogP contribution in [-0.4, -0.2) is 17.4 Å². The molecule has 0 amide bonds. The van der Waals surface area contributed by atoms with Gasteiger partial charge >= 0.3 is 0 Å². The highest BCUT2D eigenvalue weighted by atomic mass is 32.1. The summed E-state index contributed by atoms with van der Waals surface area (Å²) in [5.74, 6) is 0. The van der Waals surface area contributed by atoms with Gasteiger partial charge in [0.2, 0.25) is 0 Å². The predicted octanol–water partition coefficient (Wildman–Crippen LogP) is 1.93. The van der Waals surface area contributed by atoms with E-state index in [9.17, 15) is 0 Å². The third-order valence-corrected chi connectivity index (χ3v) is 2.24. The van der Waals surface area contributed by atoms with Crippen molar-refractivity contribution in [3.05, 3.63) is 35.4 Å². The Bertz CT molecular complexity index is 307. The Balaban J connectivity index is 3.13. The molecule has 0 saturated carbocycles. The van der Waals surface area contributed by atoms with E-state index in [2.05, 4.69) is 5.32 Å². The average Bonchev–Trinajstić information content (AvgIpc) is 2.16. The zero-order valence-corrected chi connectivity index (χ0v) is 8.34. The molecule has 12 heavy (non-hydrogen) atoms. The van der Waals surface area contributed by atoms with Gasteiger partial charge in [-0.05, 0) is 5.56 Å². The quantitative estimate of drug-likeness (QED) is 0.724. The monoisotopic (exact) mass is 195 g/mol. The van der Waals surface area contributed by atoms with Crippen LogP contribution in [-0.2, 0) is 0 Å². The summed E-state index contributed by atoms with van der Waals surface area (Å²) < 4.78 is 0. The lowest BCUT2D eigenvalue weighted by Crippen LogP contribution is -2.17. The molecule has 0 spiro atoms. The minimum Gasteiger partial charge on any atom is -0.379 e. The van der Waals surface area contributed by atoms with Gasteiger partial charge in [-0.1, -0.05) is 48.7 Å². The van der Waals surface area contributed by atoms with Crippen LogP contribution in [0.15, 0.2) is 24.3 Å². The normalized spacial score (nSPS) is 9.08. The summed E-state index contributed by atoms with van der Waals surface area (Å²) in [7, 11) is 1.81. The third kappa shape index (κ3) is 1.87. The fraction of sp³-hybridized carbons (Fsp3) is 0.111. The highest BCUT2D eigenvalue weighted by Gasteiger charge is 2.01. The van der Waals surface area contributed by atoms with Crippen LogP contribution >= 0.6 is 24.4 Å². The first-order chi connectivity index (χ1) is 5.79. The minimum atomic E-state index is 0.728. The predicted molar refractivity (Wildman–Crippen MR) is 60.0 cm³/mol. The highest BCUT2D eigenvalue weighted by molar-refractivity contribution is 7.81. The van der Waals surface area contributed by atoms with Crippen LogP contribution in [0, 0.1) is 0 Å². The molecule has 0 unspecified atom stereocenters. The van der Waals surface area contributed by atoms with Crippen molar-refractivity contribution in [1.29, 1.82) is 0 Å². The number of hydrogen-bond donors (Lipinski definition) is 1. The first-order valence-corrected chi connectivity index (χ1v) is 4.44. The van der Waals surface area contributed by atoms with Gasteiger partial charge in [0.25, 0.3) is 0 Å². The Labute approximate surface area is 82.8 Å². The molecule has 1 aromatic rings. The fourth-order valence-corrected chi connectivity index (χ4v) is 1.33. The molecule has 0 bridgehead atoms. The number of thiocarbonyl (C=S) groups is 2. The summed E-state index contributed by atoms with van der Waals surface area (Å²) in [4.78, 5) is 0.728. The summed E-state index contributed by atoms with van der Waals surface area (Å²) in [6.07, 6.45) is 0. The number of rotatable bonds is 2.